The van der Waals surface area contributed by atoms with Crippen molar-refractivity contribution >= 4 is 6.08 Å². The topological polar surface area (TPSA) is 9.23 Å². The van der Waals surface area contributed by atoms with E-state index in [9.17, 15) is 8.78 Å². The third-order valence-corrected chi connectivity index (χ3v) is 8.41. The molecule has 0 heterocycles. The molecule has 2 aliphatic rings. The first-order chi connectivity index (χ1) is 16.6. The Morgan fingerprint density at radius 2 is 1.38 bits per heavy atom. The van der Waals surface area contributed by atoms with Crippen LogP contribution in [0.3, 0.4) is 0 Å². The Bertz CT molecular complexity index is 667. The highest BCUT2D eigenvalue weighted by molar-refractivity contribution is 5.50. The molecule has 3 heteroatoms. The Hall–Kier alpha value is -1.38. The Labute approximate surface area is 207 Å². The number of hydrogen-bond donors (Lipinski definition) is 0. The summed E-state index contributed by atoms with van der Waals surface area (Å²) in [5, 5.41) is 0. The summed E-state index contributed by atoms with van der Waals surface area (Å²) in [7, 11) is 0. The molecule has 0 aliphatic heterocycles. The molecule has 0 unspecified atom stereocenters. The van der Waals surface area contributed by atoms with Crippen molar-refractivity contribution in [2.45, 2.75) is 116 Å². The largest absolute Gasteiger partial charge is 0.488 e. The summed E-state index contributed by atoms with van der Waals surface area (Å²) in [6.45, 7) is 1.75. The summed E-state index contributed by atoms with van der Waals surface area (Å²) in [6.07, 6.45) is 25.0. The molecule has 3 rings (SSSR count). The second kappa shape index (κ2) is 15.6. The van der Waals surface area contributed by atoms with E-state index < -0.39 is 13.0 Å². The van der Waals surface area contributed by atoms with Gasteiger partial charge in [0, 0.05) is 0 Å². The molecule has 1 aromatic carbocycles. The second-order valence-corrected chi connectivity index (χ2v) is 11.0. The molecule has 192 valence electrons. The first kappa shape index (κ1) is 27.2. The van der Waals surface area contributed by atoms with Crippen LogP contribution in [0.4, 0.5) is 8.78 Å². The first-order valence-electron chi connectivity index (χ1n) is 14.3. The Balaban J connectivity index is 1.27. The van der Waals surface area contributed by atoms with Crippen LogP contribution in [0, 0.1) is 23.7 Å². The van der Waals surface area contributed by atoms with Crippen molar-refractivity contribution in [3.8, 4) is 5.75 Å². The molecule has 1 aromatic rings. The molecule has 0 N–H and O–H groups in total. The lowest BCUT2D eigenvalue weighted by Gasteiger charge is -2.37. The van der Waals surface area contributed by atoms with E-state index in [1.807, 2.05) is 12.1 Å². The molecule has 0 aromatic heterocycles. The lowest BCUT2D eigenvalue weighted by molar-refractivity contribution is 0.0819. The fraction of sp³-hybridized carbons (Fsp3) is 0.742. The number of alkyl halides is 2. The van der Waals surface area contributed by atoms with Crippen LogP contribution in [0.5, 0.6) is 5.75 Å². The summed E-state index contributed by atoms with van der Waals surface area (Å²) in [5.74, 6) is 4.14. The average Bonchev–Trinajstić information content (AvgIpc) is 2.87. The molecule has 2 fully saturated rings. The SMILES string of the molecule is CCCCCCCCC[C@H]1CC[C@H]([C@H]2CC[C@H](C=Cc3ccc(OCC(F)F)cc3)CC2)CC1. The van der Waals surface area contributed by atoms with E-state index in [2.05, 4.69) is 19.1 Å². The van der Waals surface area contributed by atoms with Gasteiger partial charge in [0.1, 0.15) is 12.4 Å². The van der Waals surface area contributed by atoms with Gasteiger partial charge >= 0.3 is 0 Å². The van der Waals surface area contributed by atoms with E-state index in [1.54, 1.807) is 12.1 Å². The van der Waals surface area contributed by atoms with Crippen molar-refractivity contribution in [3.63, 3.8) is 0 Å². The fourth-order valence-electron chi connectivity index (χ4n) is 6.23. The van der Waals surface area contributed by atoms with E-state index in [-0.39, 0.29) is 0 Å². The molecular formula is C31H48F2O. The maximum Gasteiger partial charge on any atom is 0.272 e. The van der Waals surface area contributed by atoms with E-state index in [0.717, 1.165) is 23.3 Å². The first-order valence-corrected chi connectivity index (χ1v) is 14.3. The van der Waals surface area contributed by atoms with Gasteiger partial charge in [-0.25, -0.2) is 8.78 Å². The van der Waals surface area contributed by atoms with Crippen molar-refractivity contribution in [1.82, 2.24) is 0 Å². The minimum atomic E-state index is -2.43. The van der Waals surface area contributed by atoms with Gasteiger partial charge in [-0.15, -0.1) is 0 Å². The van der Waals surface area contributed by atoms with Gasteiger partial charge in [0.2, 0.25) is 0 Å². The van der Waals surface area contributed by atoms with Crippen LogP contribution in [-0.4, -0.2) is 13.0 Å². The Morgan fingerprint density at radius 3 is 2.00 bits per heavy atom. The summed E-state index contributed by atoms with van der Waals surface area (Å²) in [4.78, 5) is 0. The van der Waals surface area contributed by atoms with Gasteiger partial charge in [-0.3, -0.25) is 0 Å². The van der Waals surface area contributed by atoms with Crippen molar-refractivity contribution in [2.24, 2.45) is 23.7 Å². The zero-order valence-corrected chi connectivity index (χ0v) is 21.5. The van der Waals surface area contributed by atoms with Crippen molar-refractivity contribution in [3.05, 3.63) is 35.9 Å². The minimum absolute atomic E-state index is 0.509. The van der Waals surface area contributed by atoms with Gasteiger partial charge in [-0.1, -0.05) is 95.4 Å². The number of ether oxygens (including phenoxy) is 1. The average molecular weight is 475 g/mol. The monoisotopic (exact) mass is 474 g/mol. The van der Waals surface area contributed by atoms with Crippen LogP contribution in [0.25, 0.3) is 6.08 Å². The van der Waals surface area contributed by atoms with Crippen LogP contribution in [-0.2, 0) is 0 Å². The highest BCUT2D eigenvalue weighted by Gasteiger charge is 2.30. The molecule has 34 heavy (non-hydrogen) atoms. The second-order valence-electron chi connectivity index (χ2n) is 11.0. The minimum Gasteiger partial charge on any atom is -0.488 e. The van der Waals surface area contributed by atoms with Crippen molar-refractivity contribution in [2.75, 3.05) is 6.61 Å². The number of unbranched alkanes of at least 4 members (excludes halogenated alkanes) is 6. The van der Waals surface area contributed by atoms with Crippen LogP contribution in [0.1, 0.15) is 115 Å². The van der Waals surface area contributed by atoms with Gasteiger partial charge < -0.3 is 4.74 Å². The Morgan fingerprint density at radius 1 is 0.794 bits per heavy atom. The van der Waals surface area contributed by atoms with Crippen molar-refractivity contribution in [1.29, 1.82) is 0 Å². The van der Waals surface area contributed by atoms with Gasteiger partial charge in [0.15, 0.2) is 0 Å². The van der Waals surface area contributed by atoms with Crippen LogP contribution < -0.4 is 4.74 Å². The summed E-state index contributed by atoms with van der Waals surface area (Å²) < 4.78 is 29.6. The highest BCUT2D eigenvalue weighted by Crippen LogP contribution is 2.42. The predicted octanol–water partition coefficient (Wildman–Crippen LogP) is 10.1. The number of halogens is 2. The van der Waals surface area contributed by atoms with E-state index in [1.165, 1.54) is 103 Å². The zero-order chi connectivity index (χ0) is 24.0. The lowest BCUT2D eigenvalue weighted by Crippen LogP contribution is -2.25. The number of allylic oxidation sites excluding steroid dienone is 1. The van der Waals surface area contributed by atoms with Crippen LogP contribution in [0.15, 0.2) is 30.3 Å². The number of benzene rings is 1. The van der Waals surface area contributed by atoms with E-state index >= 15 is 0 Å². The predicted molar refractivity (Wildman–Crippen MR) is 140 cm³/mol. The summed E-state index contributed by atoms with van der Waals surface area (Å²) in [5.41, 5.74) is 1.12. The summed E-state index contributed by atoms with van der Waals surface area (Å²) >= 11 is 0. The van der Waals surface area contributed by atoms with Crippen LogP contribution in [0.2, 0.25) is 0 Å². The van der Waals surface area contributed by atoms with Gasteiger partial charge in [0.25, 0.3) is 6.43 Å². The van der Waals surface area contributed by atoms with E-state index in [4.69, 9.17) is 4.74 Å². The van der Waals surface area contributed by atoms with Gasteiger partial charge in [-0.05, 0) is 79.9 Å². The highest BCUT2D eigenvalue weighted by atomic mass is 19.3. The van der Waals surface area contributed by atoms with Crippen molar-refractivity contribution < 1.29 is 13.5 Å². The number of rotatable bonds is 14. The molecule has 0 amide bonds. The molecular weight excluding hydrogens is 426 g/mol. The summed E-state index contributed by atoms with van der Waals surface area (Å²) in [6, 6.07) is 7.47. The maximum absolute atomic E-state index is 12.3. The van der Waals surface area contributed by atoms with Gasteiger partial charge in [0.05, 0.1) is 0 Å². The molecule has 1 nitrogen and oxygen atoms in total. The van der Waals surface area contributed by atoms with Crippen LogP contribution >= 0.6 is 0 Å². The normalized spacial score (nSPS) is 25.8. The molecule has 0 saturated heterocycles. The molecule has 0 radical (unpaired) electrons. The number of hydrogen-bond acceptors (Lipinski definition) is 1. The molecule has 0 spiro atoms. The quantitative estimate of drug-likeness (QED) is 0.244. The standard InChI is InChI=1S/C31H48F2O/c1-2-3-4-5-6-7-8-9-25-12-18-28(19-13-25)29-20-14-26(15-21-29)10-11-27-16-22-30(23-17-27)34-24-31(32)33/h10-11,16-17,22-23,25-26,28-29,31H,2-9,12-15,18-21,24H2,1H3/t25-,26-,28-,29-. The van der Waals surface area contributed by atoms with Gasteiger partial charge in [-0.2, -0.15) is 0 Å². The maximum atomic E-state index is 12.3. The molecule has 0 bridgehead atoms. The Kier molecular flexibility index (Phi) is 12.5. The lowest BCUT2D eigenvalue weighted by atomic mass is 9.68. The van der Waals surface area contributed by atoms with E-state index in [0.29, 0.717) is 11.7 Å². The third-order valence-electron chi connectivity index (χ3n) is 8.41. The zero-order valence-electron chi connectivity index (χ0n) is 21.5. The smallest absolute Gasteiger partial charge is 0.272 e. The molecule has 0 atom stereocenters. The molecule has 2 saturated carbocycles. The fourth-order valence-corrected chi connectivity index (χ4v) is 6.23. The molecule has 2 aliphatic carbocycles. The third kappa shape index (κ3) is 10.1.